The lowest BCUT2D eigenvalue weighted by Crippen LogP contribution is -2.33. The molecule has 0 unspecified atom stereocenters. The first-order valence-corrected chi connectivity index (χ1v) is 7.59. The molecule has 6 nitrogen and oxygen atoms in total. The summed E-state index contributed by atoms with van der Waals surface area (Å²) >= 11 is 0. The third kappa shape index (κ3) is 2.68. The first kappa shape index (κ1) is 14.5. The Bertz CT molecular complexity index is 661. The van der Waals surface area contributed by atoms with Crippen molar-refractivity contribution in [2.45, 2.75) is 11.9 Å². The minimum atomic E-state index is -3.78. The van der Waals surface area contributed by atoms with E-state index in [2.05, 4.69) is 4.98 Å². The number of imidazole rings is 1. The van der Waals surface area contributed by atoms with Crippen LogP contribution in [0.25, 0.3) is 0 Å². The van der Waals surface area contributed by atoms with Gasteiger partial charge in [0.05, 0.1) is 18.8 Å². The molecule has 0 spiro atoms. The van der Waals surface area contributed by atoms with Crippen molar-refractivity contribution in [3.8, 4) is 0 Å². The number of benzene rings is 1. The highest BCUT2D eigenvalue weighted by Crippen LogP contribution is 2.22. The van der Waals surface area contributed by atoms with Gasteiger partial charge in [0.1, 0.15) is 5.82 Å². The van der Waals surface area contributed by atoms with Crippen LogP contribution >= 0.6 is 0 Å². The van der Waals surface area contributed by atoms with Crippen LogP contribution in [0.3, 0.4) is 0 Å². The van der Waals surface area contributed by atoms with E-state index in [9.17, 15) is 8.42 Å². The van der Waals surface area contributed by atoms with Crippen molar-refractivity contribution in [1.82, 2.24) is 9.55 Å². The van der Waals surface area contributed by atoms with E-state index in [0.29, 0.717) is 11.5 Å². The van der Waals surface area contributed by atoms with Gasteiger partial charge in [0.15, 0.2) is 5.03 Å². The fourth-order valence-electron chi connectivity index (χ4n) is 1.84. The molecule has 0 atom stereocenters. The average Bonchev–Trinajstić information content (AvgIpc) is 2.77. The molecule has 0 bridgehead atoms. The molecule has 0 radical (unpaired) electrons. The van der Waals surface area contributed by atoms with Gasteiger partial charge in [-0.2, -0.15) is 8.42 Å². The van der Waals surface area contributed by atoms with Crippen LogP contribution in [0.5, 0.6) is 0 Å². The molecule has 2 rings (SSSR count). The van der Waals surface area contributed by atoms with Gasteiger partial charge in [0.25, 0.3) is 10.0 Å². The molecule has 0 aliphatic heterocycles. The van der Waals surface area contributed by atoms with E-state index in [1.54, 1.807) is 48.9 Å². The summed E-state index contributed by atoms with van der Waals surface area (Å²) in [5.41, 5.74) is 0.504. The Morgan fingerprint density at radius 3 is 2.45 bits per heavy atom. The Balaban J connectivity index is 2.48. The summed E-state index contributed by atoms with van der Waals surface area (Å²) in [4.78, 5) is 4.06. The highest BCUT2D eigenvalue weighted by Gasteiger charge is 2.27. The predicted molar refractivity (Wildman–Crippen MR) is 76.0 cm³/mol. The van der Waals surface area contributed by atoms with E-state index in [-0.39, 0.29) is 18.2 Å². The van der Waals surface area contributed by atoms with E-state index in [4.69, 9.17) is 5.11 Å². The molecule has 1 heterocycles. The number of hydrogen-bond acceptors (Lipinski definition) is 4. The molecule has 0 fully saturated rings. The lowest BCUT2D eigenvalue weighted by atomic mass is 10.3. The molecule has 108 valence electrons. The smallest absolute Gasteiger partial charge is 0.283 e. The van der Waals surface area contributed by atoms with Gasteiger partial charge >= 0.3 is 0 Å². The van der Waals surface area contributed by atoms with Crippen LogP contribution in [0.15, 0.2) is 41.6 Å². The van der Waals surface area contributed by atoms with Crippen molar-refractivity contribution in [2.75, 3.05) is 17.5 Å². The second-order valence-electron chi connectivity index (χ2n) is 4.37. The Kier molecular flexibility index (Phi) is 4.10. The molecule has 1 aromatic heterocycles. The summed E-state index contributed by atoms with van der Waals surface area (Å²) in [5, 5.41) is 9.12. The minimum absolute atomic E-state index is 0.0119. The third-order valence-corrected chi connectivity index (χ3v) is 4.69. The molecule has 7 heteroatoms. The van der Waals surface area contributed by atoms with Crippen LogP contribution in [0, 0.1) is 6.92 Å². The Morgan fingerprint density at radius 1 is 1.30 bits per heavy atom. The molecule has 0 amide bonds. The van der Waals surface area contributed by atoms with Crippen LogP contribution < -0.4 is 4.31 Å². The third-order valence-electron chi connectivity index (χ3n) is 2.99. The lowest BCUT2D eigenvalue weighted by molar-refractivity contribution is 0.306. The summed E-state index contributed by atoms with van der Waals surface area (Å²) in [7, 11) is -2.04. The van der Waals surface area contributed by atoms with E-state index in [0.717, 1.165) is 4.31 Å². The Morgan fingerprint density at radius 2 is 1.95 bits per heavy atom. The first-order chi connectivity index (χ1) is 9.46. The highest BCUT2D eigenvalue weighted by molar-refractivity contribution is 7.92. The largest absolute Gasteiger partial charge is 0.394 e. The number of hydrogen-bond donors (Lipinski definition) is 1. The zero-order valence-electron chi connectivity index (χ0n) is 11.4. The van der Waals surface area contributed by atoms with Gasteiger partial charge in [-0.15, -0.1) is 0 Å². The second-order valence-corrected chi connectivity index (χ2v) is 6.18. The van der Waals surface area contributed by atoms with Crippen LogP contribution in [-0.2, 0) is 17.1 Å². The van der Waals surface area contributed by atoms with E-state index < -0.39 is 10.0 Å². The standard InChI is InChI=1S/C13H17N3O3S/c1-11-14-13(10-15(11)2)20(18,19)16(8-9-17)12-6-4-3-5-7-12/h3-7,10,17H,8-9H2,1-2H3. The van der Waals surface area contributed by atoms with Gasteiger partial charge in [-0.25, -0.2) is 4.98 Å². The Hall–Kier alpha value is -1.86. The number of nitrogens with zero attached hydrogens (tertiary/aromatic N) is 3. The molecule has 0 aliphatic rings. The monoisotopic (exact) mass is 295 g/mol. The molecule has 0 saturated heterocycles. The molecule has 0 aliphatic carbocycles. The summed E-state index contributed by atoms with van der Waals surface area (Å²) < 4.78 is 28.1. The van der Waals surface area contributed by atoms with Crippen LogP contribution in [0.4, 0.5) is 5.69 Å². The summed E-state index contributed by atoms with van der Waals surface area (Å²) in [6.07, 6.45) is 1.47. The zero-order chi connectivity index (χ0) is 14.8. The van der Waals surface area contributed by atoms with Gasteiger partial charge in [0.2, 0.25) is 0 Å². The number of sulfonamides is 1. The SMILES string of the molecule is Cc1nc(S(=O)(=O)N(CCO)c2ccccc2)cn1C. The van der Waals surface area contributed by atoms with Crippen LogP contribution in [0.1, 0.15) is 5.82 Å². The van der Waals surface area contributed by atoms with Crippen molar-refractivity contribution in [3.63, 3.8) is 0 Å². The fraction of sp³-hybridized carbons (Fsp3) is 0.308. The topological polar surface area (TPSA) is 75.4 Å². The lowest BCUT2D eigenvalue weighted by Gasteiger charge is -2.22. The summed E-state index contributed by atoms with van der Waals surface area (Å²) in [6.45, 7) is 1.46. The highest BCUT2D eigenvalue weighted by atomic mass is 32.2. The van der Waals surface area contributed by atoms with E-state index >= 15 is 0 Å². The normalized spacial score (nSPS) is 11.6. The number of aromatic nitrogens is 2. The van der Waals surface area contributed by atoms with Crippen LogP contribution in [-0.4, -0.2) is 36.2 Å². The maximum absolute atomic E-state index is 12.6. The van der Waals surface area contributed by atoms with E-state index in [1.807, 2.05) is 0 Å². The zero-order valence-corrected chi connectivity index (χ0v) is 12.2. The molecule has 0 saturated carbocycles. The van der Waals surface area contributed by atoms with Gasteiger partial charge in [-0.05, 0) is 19.1 Å². The fourth-order valence-corrected chi connectivity index (χ4v) is 3.32. The molecule has 1 aromatic carbocycles. The van der Waals surface area contributed by atoms with Gasteiger partial charge in [-0.3, -0.25) is 4.31 Å². The Labute approximate surface area is 118 Å². The van der Waals surface area contributed by atoms with Crippen molar-refractivity contribution in [1.29, 1.82) is 0 Å². The molecular formula is C13H17N3O3S. The van der Waals surface area contributed by atoms with Crippen molar-refractivity contribution >= 4 is 15.7 Å². The minimum Gasteiger partial charge on any atom is -0.394 e. The maximum atomic E-state index is 12.6. The van der Waals surface area contributed by atoms with Crippen molar-refractivity contribution in [3.05, 3.63) is 42.4 Å². The number of rotatable bonds is 5. The number of anilines is 1. The summed E-state index contributed by atoms with van der Waals surface area (Å²) in [5.74, 6) is 0.612. The number of aliphatic hydroxyl groups excluding tert-OH is 1. The number of aliphatic hydroxyl groups is 1. The maximum Gasteiger partial charge on any atom is 0.283 e. The molecule has 20 heavy (non-hydrogen) atoms. The molecule has 1 N–H and O–H groups in total. The number of aryl methyl sites for hydroxylation is 2. The van der Waals surface area contributed by atoms with Gasteiger partial charge < -0.3 is 9.67 Å². The molecule has 2 aromatic rings. The predicted octanol–water partition coefficient (Wildman–Crippen LogP) is 0.916. The summed E-state index contributed by atoms with van der Waals surface area (Å²) in [6, 6.07) is 8.67. The van der Waals surface area contributed by atoms with Gasteiger partial charge in [0, 0.05) is 13.2 Å². The van der Waals surface area contributed by atoms with Crippen LogP contribution in [0.2, 0.25) is 0 Å². The number of para-hydroxylation sites is 1. The molecular weight excluding hydrogens is 278 g/mol. The first-order valence-electron chi connectivity index (χ1n) is 6.15. The van der Waals surface area contributed by atoms with E-state index in [1.165, 1.54) is 6.20 Å². The quantitative estimate of drug-likeness (QED) is 0.890. The van der Waals surface area contributed by atoms with Gasteiger partial charge in [-0.1, -0.05) is 18.2 Å². The van der Waals surface area contributed by atoms with Crippen molar-refractivity contribution < 1.29 is 13.5 Å². The van der Waals surface area contributed by atoms with Crippen molar-refractivity contribution in [2.24, 2.45) is 7.05 Å². The second kappa shape index (κ2) is 5.64. The average molecular weight is 295 g/mol.